The average Bonchev–Trinajstić information content (AvgIpc) is 3.06. The molecule has 6 aromatic rings. The van der Waals surface area contributed by atoms with Crippen LogP contribution >= 0.6 is 0 Å². The molecule has 0 amide bonds. The third kappa shape index (κ3) is 3.84. The Morgan fingerprint density at radius 1 is 0.500 bits per heavy atom. The fourth-order valence-electron chi connectivity index (χ4n) is 7.19. The second-order valence-electron chi connectivity index (χ2n) is 12.8. The summed E-state index contributed by atoms with van der Waals surface area (Å²) in [6.45, 7) is 9.24. The summed E-state index contributed by atoms with van der Waals surface area (Å²) in [5.41, 5.74) is 11.3. The molecule has 0 aliphatic carbocycles. The average molecular weight is 571 g/mol. The molecule has 2 aliphatic heterocycles. The minimum Gasteiger partial charge on any atom is -0.294 e. The van der Waals surface area contributed by atoms with E-state index in [0.29, 0.717) is 0 Å². The number of benzene rings is 4. The summed E-state index contributed by atoms with van der Waals surface area (Å²) in [5, 5.41) is 0. The number of rotatable bonds is 3. The second-order valence-corrected chi connectivity index (χ2v) is 12.8. The summed E-state index contributed by atoms with van der Waals surface area (Å²) >= 11 is 0. The van der Waals surface area contributed by atoms with Crippen molar-refractivity contribution >= 4 is 34.4 Å². The Morgan fingerprint density at radius 2 is 1.11 bits per heavy atom. The van der Waals surface area contributed by atoms with Gasteiger partial charge in [-0.25, -0.2) is 9.97 Å². The highest BCUT2D eigenvalue weighted by atomic mass is 15.2. The Labute approximate surface area is 259 Å². The van der Waals surface area contributed by atoms with Gasteiger partial charge in [0, 0.05) is 33.8 Å². The topological polar surface area (TPSA) is 32.3 Å². The van der Waals surface area contributed by atoms with Gasteiger partial charge in [-0.05, 0) is 59.2 Å². The van der Waals surface area contributed by atoms with Gasteiger partial charge in [0.1, 0.15) is 11.6 Å². The first kappa shape index (κ1) is 26.4. The van der Waals surface area contributed by atoms with Crippen molar-refractivity contribution in [3.05, 3.63) is 156 Å². The molecule has 4 heterocycles. The van der Waals surface area contributed by atoms with E-state index in [2.05, 4.69) is 153 Å². The van der Waals surface area contributed by atoms with Crippen molar-refractivity contribution in [2.45, 2.75) is 38.5 Å². The van der Waals surface area contributed by atoms with E-state index in [1.807, 2.05) is 18.3 Å². The van der Waals surface area contributed by atoms with E-state index in [4.69, 9.17) is 9.97 Å². The molecule has 0 saturated heterocycles. The van der Waals surface area contributed by atoms with Gasteiger partial charge in [0.25, 0.3) is 0 Å². The molecule has 2 aliphatic rings. The standard InChI is InChI=1S/C40H34N4/c1-39(2)30-17-9-11-21-35(30)44(37-22-12-19-33(42-37)27-14-6-5-7-15-27)36-26-28(23-24-31(36)39)43-34-20-10-8-16-29(34)40(3,4)32-18-13-25-41-38(32)43/h5-26H,1-4H3. The van der Waals surface area contributed by atoms with Crippen molar-refractivity contribution in [2.24, 2.45) is 0 Å². The largest absolute Gasteiger partial charge is 0.294 e. The minimum atomic E-state index is -0.198. The highest BCUT2D eigenvalue weighted by Gasteiger charge is 2.40. The van der Waals surface area contributed by atoms with E-state index in [0.717, 1.165) is 45.6 Å². The molecule has 0 atom stereocenters. The lowest BCUT2D eigenvalue weighted by Gasteiger charge is -2.43. The Morgan fingerprint density at radius 3 is 1.86 bits per heavy atom. The van der Waals surface area contributed by atoms with Crippen molar-refractivity contribution in [1.82, 2.24) is 9.97 Å². The van der Waals surface area contributed by atoms with E-state index in [-0.39, 0.29) is 10.8 Å². The van der Waals surface area contributed by atoms with E-state index in [9.17, 15) is 0 Å². The van der Waals surface area contributed by atoms with Crippen LogP contribution in [0.2, 0.25) is 0 Å². The van der Waals surface area contributed by atoms with Crippen molar-refractivity contribution < 1.29 is 0 Å². The van der Waals surface area contributed by atoms with Crippen LogP contribution in [-0.4, -0.2) is 9.97 Å². The number of aromatic nitrogens is 2. The molecule has 0 bridgehead atoms. The molecule has 2 aromatic heterocycles. The van der Waals surface area contributed by atoms with E-state index in [1.54, 1.807) is 0 Å². The predicted molar refractivity (Wildman–Crippen MR) is 181 cm³/mol. The number of anilines is 6. The molecule has 0 radical (unpaired) electrons. The van der Waals surface area contributed by atoms with E-state index < -0.39 is 0 Å². The van der Waals surface area contributed by atoms with Gasteiger partial charge in [-0.2, -0.15) is 0 Å². The van der Waals surface area contributed by atoms with Gasteiger partial charge >= 0.3 is 0 Å². The molecule has 0 fully saturated rings. The highest BCUT2D eigenvalue weighted by Crippen LogP contribution is 2.55. The molecule has 214 valence electrons. The number of para-hydroxylation sites is 2. The van der Waals surface area contributed by atoms with Crippen LogP contribution in [0.4, 0.5) is 34.4 Å². The first-order valence-electron chi connectivity index (χ1n) is 15.3. The van der Waals surface area contributed by atoms with Gasteiger partial charge in [-0.1, -0.05) is 113 Å². The second kappa shape index (κ2) is 9.65. The Hall–Kier alpha value is -5.22. The zero-order valence-corrected chi connectivity index (χ0v) is 25.5. The molecule has 44 heavy (non-hydrogen) atoms. The van der Waals surface area contributed by atoms with Crippen LogP contribution < -0.4 is 9.80 Å². The molecule has 4 nitrogen and oxygen atoms in total. The first-order valence-corrected chi connectivity index (χ1v) is 15.3. The zero-order chi connectivity index (χ0) is 30.1. The lowest BCUT2D eigenvalue weighted by molar-refractivity contribution is 0.626. The lowest BCUT2D eigenvalue weighted by atomic mass is 9.73. The van der Waals surface area contributed by atoms with Crippen LogP contribution in [0.25, 0.3) is 11.3 Å². The van der Waals surface area contributed by atoms with E-state index in [1.165, 1.54) is 22.3 Å². The summed E-state index contributed by atoms with van der Waals surface area (Å²) in [6.07, 6.45) is 1.90. The van der Waals surface area contributed by atoms with Crippen LogP contribution in [-0.2, 0) is 10.8 Å². The summed E-state index contributed by atoms with van der Waals surface area (Å²) < 4.78 is 0. The SMILES string of the molecule is CC1(C)c2ccccc2N(c2cccc(-c3ccccc3)n2)c2cc(N3c4ccccc4C(C)(C)c4cccnc43)ccc21. The minimum absolute atomic E-state index is 0.167. The summed E-state index contributed by atoms with van der Waals surface area (Å²) in [5.74, 6) is 1.87. The molecule has 8 rings (SSSR count). The van der Waals surface area contributed by atoms with E-state index >= 15 is 0 Å². The number of nitrogens with zero attached hydrogens (tertiary/aromatic N) is 4. The summed E-state index contributed by atoms with van der Waals surface area (Å²) in [7, 11) is 0. The van der Waals surface area contributed by atoms with Crippen LogP contribution in [0.3, 0.4) is 0 Å². The summed E-state index contributed by atoms with van der Waals surface area (Å²) in [4.78, 5) is 14.9. The molecule has 4 aromatic carbocycles. The first-order chi connectivity index (χ1) is 21.4. The third-order valence-corrected chi connectivity index (χ3v) is 9.50. The fraction of sp³-hybridized carbons (Fsp3) is 0.150. The normalized spacial score (nSPS) is 15.5. The van der Waals surface area contributed by atoms with Crippen LogP contribution in [0, 0.1) is 0 Å². The molecular formula is C40H34N4. The maximum absolute atomic E-state index is 5.25. The zero-order valence-electron chi connectivity index (χ0n) is 25.5. The van der Waals surface area contributed by atoms with Gasteiger partial charge < -0.3 is 0 Å². The van der Waals surface area contributed by atoms with Crippen molar-refractivity contribution in [3.63, 3.8) is 0 Å². The quantitative estimate of drug-likeness (QED) is 0.212. The molecule has 0 spiro atoms. The molecule has 0 saturated carbocycles. The number of hydrogen-bond acceptors (Lipinski definition) is 4. The Bertz CT molecular complexity index is 1990. The number of pyridine rings is 2. The van der Waals surface area contributed by atoms with Crippen molar-refractivity contribution in [2.75, 3.05) is 9.80 Å². The Kier molecular flexibility index (Phi) is 5.79. The van der Waals surface area contributed by atoms with Crippen LogP contribution in [0.15, 0.2) is 134 Å². The van der Waals surface area contributed by atoms with Gasteiger partial charge in [-0.3, -0.25) is 9.80 Å². The molecule has 4 heteroatoms. The van der Waals surface area contributed by atoms with Crippen molar-refractivity contribution in [1.29, 1.82) is 0 Å². The lowest BCUT2D eigenvalue weighted by Crippen LogP contribution is -2.33. The Balaban J connectivity index is 1.37. The van der Waals surface area contributed by atoms with Gasteiger partial charge in [0.15, 0.2) is 0 Å². The molecular weight excluding hydrogens is 536 g/mol. The van der Waals surface area contributed by atoms with Crippen molar-refractivity contribution in [3.8, 4) is 11.3 Å². The highest BCUT2D eigenvalue weighted by molar-refractivity contribution is 5.90. The monoisotopic (exact) mass is 570 g/mol. The molecule has 0 unspecified atom stereocenters. The number of fused-ring (bicyclic) bond motifs is 4. The van der Waals surface area contributed by atoms with Gasteiger partial charge in [0.2, 0.25) is 0 Å². The number of hydrogen-bond donors (Lipinski definition) is 0. The van der Waals surface area contributed by atoms with Gasteiger partial charge in [-0.15, -0.1) is 0 Å². The smallest absolute Gasteiger partial charge is 0.141 e. The predicted octanol–water partition coefficient (Wildman–Crippen LogP) is 10.4. The van der Waals surface area contributed by atoms with Crippen LogP contribution in [0.1, 0.15) is 49.9 Å². The maximum Gasteiger partial charge on any atom is 0.141 e. The maximum atomic E-state index is 5.25. The van der Waals surface area contributed by atoms with Crippen LogP contribution in [0.5, 0.6) is 0 Å². The fourth-order valence-corrected chi connectivity index (χ4v) is 7.19. The van der Waals surface area contributed by atoms with Gasteiger partial charge in [0.05, 0.1) is 22.8 Å². The molecule has 0 N–H and O–H groups in total. The third-order valence-electron chi connectivity index (χ3n) is 9.50. The summed E-state index contributed by atoms with van der Waals surface area (Å²) in [6, 6.07) is 45.3.